The number of aromatic nitrogens is 3. The highest BCUT2D eigenvalue weighted by molar-refractivity contribution is 5.39. The average molecular weight is 278 g/mol. The molecule has 0 fully saturated rings. The van der Waals surface area contributed by atoms with Crippen molar-refractivity contribution in [2.24, 2.45) is 0 Å². The second-order valence-corrected chi connectivity index (χ2v) is 5.13. The maximum Gasteiger partial charge on any atom is 0.0830 e. The van der Waals surface area contributed by atoms with Gasteiger partial charge >= 0.3 is 0 Å². The molecule has 0 aliphatic carbocycles. The van der Waals surface area contributed by atoms with Gasteiger partial charge in [-0.1, -0.05) is 47.7 Å². The molecule has 0 saturated heterocycles. The molecule has 1 aromatic heterocycles. The topological polar surface area (TPSA) is 56.7 Å². The maximum absolute atomic E-state index is 5.68. The Labute approximate surface area is 124 Å². The molecule has 0 saturated carbocycles. The van der Waals surface area contributed by atoms with Gasteiger partial charge in [-0.2, -0.15) is 0 Å². The Hall–Kier alpha value is -2.62. The molecule has 2 N–H and O–H groups in total. The van der Waals surface area contributed by atoms with Crippen LogP contribution >= 0.6 is 0 Å². The first-order valence-electron chi connectivity index (χ1n) is 7.07. The molecule has 21 heavy (non-hydrogen) atoms. The highest BCUT2D eigenvalue weighted by Crippen LogP contribution is 2.09. The largest absolute Gasteiger partial charge is 0.399 e. The van der Waals surface area contributed by atoms with E-state index < -0.39 is 0 Å². The zero-order valence-corrected chi connectivity index (χ0v) is 11.8. The Bertz CT molecular complexity index is 686. The number of hydrogen-bond acceptors (Lipinski definition) is 3. The summed E-state index contributed by atoms with van der Waals surface area (Å²) in [5, 5.41) is 8.42. The molecule has 0 atom stereocenters. The summed E-state index contributed by atoms with van der Waals surface area (Å²) in [6.07, 6.45) is 3.85. The number of aryl methyl sites for hydroxylation is 2. The Balaban J connectivity index is 1.59. The molecule has 1 heterocycles. The summed E-state index contributed by atoms with van der Waals surface area (Å²) in [5.74, 6) is 0. The van der Waals surface area contributed by atoms with Crippen LogP contribution < -0.4 is 5.73 Å². The van der Waals surface area contributed by atoms with E-state index in [4.69, 9.17) is 5.73 Å². The molecule has 106 valence electrons. The van der Waals surface area contributed by atoms with E-state index in [0.29, 0.717) is 0 Å². The minimum atomic E-state index is 0.760. The van der Waals surface area contributed by atoms with Gasteiger partial charge in [-0.15, -0.1) is 5.10 Å². The highest BCUT2D eigenvalue weighted by Gasteiger charge is 2.02. The van der Waals surface area contributed by atoms with E-state index in [0.717, 1.165) is 30.8 Å². The van der Waals surface area contributed by atoms with E-state index in [1.165, 1.54) is 11.1 Å². The zero-order valence-electron chi connectivity index (χ0n) is 11.8. The van der Waals surface area contributed by atoms with Crippen LogP contribution in [-0.2, 0) is 19.4 Å². The molecule has 2 aromatic carbocycles. The number of rotatable bonds is 5. The second kappa shape index (κ2) is 6.22. The minimum absolute atomic E-state index is 0.760. The molecule has 3 aromatic rings. The summed E-state index contributed by atoms with van der Waals surface area (Å²) < 4.78 is 1.88. The molecule has 3 rings (SSSR count). The van der Waals surface area contributed by atoms with Crippen molar-refractivity contribution in [1.82, 2.24) is 15.0 Å². The summed E-state index contributed by atoms with van der Waals surface area (Å²) in [5.41, 5.74) is 9.99. The van der Waals surface area contributed by atoms with Gasteiger partial charge in [-0.25, -0.2) is 4.68 Å². The van der Waals surface area contributed by atoms with Crippen LogP contribution in [0.2, 0.25) is 0 Å². The van der Waals surface area contributed by atoms with Crippen LogP contribution in [0.1, 0.15) is 16.8 Å². The molecule has 0 spiro atoms. The predicted octanol–water partition coefficient (Wildman–Crippen LogP) is 2.69. The van der Waals surface area contributed by atoms with Gasteiger partial charge in [0.2, 0.25) is 0 Å². The van der Waals surface area contributed by atoms with Gasteiger partial charge in [0.25, 0.3) is 0 Å². The van der Waals surface area contributed by atoms with Crippen LogP contribution in [0.4, 0.5) is 5.69 Å². The number of nitrogens with two attached hydrogens (primary N) is 1. The van der Waals surface area contributed by atoms with Gasteiger partial charge in [0.15, 0.2) is 0 Å². The minimum Gasteiger partial charge on any atom is -0.399 e. The van der Waals surface area contributed by atoms with Gasteiger partial charge < -0.3 is 5.73 Å². The lowest BCUT2D eigenvalue weighted by molar-refractivity contribution is 0.649. The van der Waals surface area contributed by atoms with Crippen molar-refractivity contribution in [2.45, 2.75) is 19.4 Å². The number of anilines is 1. The molecule has 4 nitrogen and oxygen atoms in total. The molecule has 0 radical (unpaired) electrons. The van der Waals surface area contributed by atoms with Gasteiger partial charge in [-0.3, -0.25) is 0 Å². The van der Waals surface area contributed by atoms with Gasteiger partial charge in [-0.05, 0) is 36.1 Å². The first-order valence-corrected chi connectivity index (χ1v) is 7.07. The Kier molecular flexibility index (Phi) is 3.96. The van der Waals surface area contributed by atoms with Crippen LogP contribution in [0.25, 0.3) is 0 Å². The Morgan fingerprint density at radius 2 is 1.62 bits per heavy atom. The monoisotopic (exact) mass is 278 g/mol. The fraction of sp³-hybridized carbons (Fsp3) is 0.176. The molecule has 0 aliphatic rings. The lowest BCUT2D eigenvalue weighted by atomic mass is 10.1. The average Bonchev–Trinajstić information content (AvgIpc) is 2.95. The van der Waals surface area contributed by atoms with E-state index in [9.17, 15) is 0 Å². The molecule has 0 unspecified atom stereocenters. The zero-order chi connectivity index (χ0) is 14.5. The highest BCUT2D eigenvalue weighted by atomic mass is 15.4. The van der Waals surface area contributed by atoms with Crippen LogP contribution in [-0.4, -0.2) is 15.0 Å². The first-order chi connectivity index (χ1) is 10.3. The van der Waals surface area contributed by atoms with Crippen LogP contribution in [0.3, 0.4) is 0 Å². The molecule has 0 amide bonds. The van der Waals surface area contributed by atoms with Crippen molar-refractivity contribution in [3.05, 3.63) is 77.6 Å². The smallest absolute Gasteiger partial charge is 0.0830 e. The lowest BCUT2D eigenvalue weighted by Gasteiger charge is -2.00. The molecule has 4 heteroatoms. The molecular formula is C17H18N4. The van der Waals surface area contributed by atoms with E-state index in [2.05, 4.69) is 34.6 Å². The third kappa shape index (κ3) is 3.69. The van der Waals surface area contributed by atoms with Crippen molar-refractivity contribution in [3.8, 4) is 0 Å². The summed E-state index contributed by atoms with van der Waals surface area (Å²) >= 11 is 0. The third-order valence-corrected chi connectivity index (χ3v) is 3.42. The van der Waals surface area contributed by atoms with Gasteiger partial charge in [0.1, 0.15) is 0 Å². The first kappa shape index (κ1) is 13.4. The fourth-order valence-corrected chi connectivity index (χ4v) is 2.26. The normalized spacial score (nSPS) is 10.7. The second-order valence-electron chi connectivity index (χ2n) is 5.13. The van der Waals surface area contributed by atoms with Crippen LogP contribution in [0.15, 0.2) is 60.8 Å². The summed E-state index contributed by atoms with van der Waals surface area (Å²) in [6.45, 7) is 0.760. The number of nitrogens with zero attached hydrogens (tertiary/aromatic N) is 3. The van der Waals surface area contributed by atoms with E-state index in [1.54, 1.807) is 0 Å². The van der Waals surface area contributed by atoms with Crippen LogP contribution in [0, 0.1) is 0 Å². The van der Waals surface area contributed by atoms with Crippen molar-refractivity contribution in [1.29, 1.82) is 0 Å². The standard InChI is InChI=1S/C17H18N4/c18-16-9-6-14(7-10-16)8-11-17-13-21(20-19-17)12-15-4-2-1-3-5-15/h1-7,9-10,13H,8,11-12,18H2. The van der Waals surface area contributed by atoms with E-state index in [1.807, 2.05) is 41.2 Å². The van der Waals surface area contributed by atoms with Crippen molar-refractivity contribution in [2.75, 3.05) is 5.73 Å². The van der Waals surface area contributed by atoms with Crippen molar-refractivity contribution < 1.29 is 0 Å². The maximum atomic E-state index is 5.68. The SMILES string of the molecule is Nc1ccc(CCc2cn(Cc3ccccc3)nn2)cc1. The fourth-order valence-electron chi connectivity index (χ4n) is 2.26. The number of hydrogen-bond donors (Lipinski definition) is 1. The molecular weight excluding hydrogens is 260 g/mol. The van der Waals surface area contributed by atoms with Crippen molar-refractivity contribution >= 4 is 5.69 Å². The Morgan fingerprint density at radius 1 is 0.857 bits per heavy atom. The van der Waals surface area contributed by atoms with Crippen LogP contribution in [0.5, 0.6) is 0 Å². The summed E-state index contributed by atoms with van der Waals surface area (Å²) in [6, 6.07) is 18.3. The summed E-state index contributed by atoms with van der Waals surface area (Å²) in [4.78, 5) is 0. The summed E-state index contributed by atoms with van der Waals surface area (Å²) in [7, 11) is 0. The van der Waals surface area contributed by atoms with E-state index >= 15 is 0 Å². The predicted molar refractivity (Wildman–Crippen MR) is 83.8 cm³/mol. The Morgan fingerprint density at radius 3 is 2.38 bits per heavy atom. The number of nitrogen functional groups attached to an aromatic ring is 1. The van der Waals surface area contributed by atoms with Gasteiger partial charge in [0, 0.05) is 11.9 Å². The van der Waals surface area contributed by atoms with Crippen molar-refractivity contribution in [3.63, 3.8) is 0 Å². The van der Waals surface area contributed by atoms with Gasteiger partial charge in [0.05, 0.1) is 12.2 Å². The number of benzene rings is 2. The van der Waals surface area contributed by atoms with E-state index in [-0.39, 0.29) is 0 Å². The molecule has 0 aliphatic heterocycles. The third-order valence-electron chi connectivity index (χ3n) is 3.42. The molecule has 0 bridgehead atoms. The quantitative estimate of drug-likeness (QED) is 0.730. The lowest BCUT2D eigenvalue weighted by Crippen LogP contribution is -1.99.